The number of halogens is 1. The third-order valence-corrected chi connectivity index (χ3v) is 4.09. The number of hydrogen-bond acceptors (Lipinski definition) is 6. The van der Waals surface area contributed by atoms with Gasteiger partial charge in [0, 0.05) is 17.5 Å². The van der Waals surface area contributed by atoms with Gasteiger partial charge in [0.25, 0.3) is 5.69 Å². The molecule has 0 aliphatic carbocycles. The third kappa shape index (κ3) is 5.11. The van der Waals surface area contributed by atoms with Crippen LogP contribution in [0.2, 0.25) is 5.02 Å². The Bertz CT molecular complexity index is 796. The van der Waals surface area contributed by atoms with Crippen LogP contribution in [0.5, 0.6) is 0 Å². The molecule has 1 aromatic heterocycles. The summed E-state index contributed by atoms with van der Waals surface area (Å²) in [5.74, 6) is -0.324. The molecule has 0 bridgehead atoms. The summed E-state index contributed by atoms with van der Waals surface area (Å²) in [5, 5.41) is 16.4. The molecule has 0 aliphatic heterocycles. The number of aryl methyl sites for hydroxylation is 1. The average molecular weight is 386 g/mol. The zero-order valence-corrected chi connectivity index (χ0v) is 14.7. The highest BCUT2D eigenvalue weighted by Crippen LogP contribution is 2.26. The minimum Gasteiger partial charge on any atom is -0.330 e. The monoisotopic (exact) mass is 385 g/mol. The van der Waals surface area contributed by atoms with Gasteiger partial charge in [0.2, 0.25) is 5.91 Å². The fourth-order valence-corrected chi connectivity index (χ4v) is 2.64. The summed E-state index contributed by atoms with van der Waals surface area (Å²) >= 11 is 12.4. The Morgan fingerprint density at radius 3 is 2.83 bits per heavy atom. The zero-order valence-electron chi connectivity index (χ0n) is 12.3. The van der Waals surface area contributed by atoms with Crippen LogP contribution in [-0.2, 0) is 11.2 Å². The number of non-ortho nitro benzene ring substituents is 1. The second-order valence-electron chi connectivity index (χ2n) is 4.58. The van der Waals surface area contributed by atoms with Gasteiger partial charge >= 0.3 is 0 Å². The topological polar surface area (TPSA) is 109 Å². The molecule has 24 heavy (non-hydrogen) atoms. The number of hydrogen-bond donors (Lipinski definition) is 3. The molecule has 2 aromatic rings. The lowest BCUT2D eigenvalue weighted by molar-refractivity contribution is -0.384. The SMILES string of the molecule is Cc1nc(CC(=O)NNC(=S)Nc2cc([N+](=O)[O-])ccc2Cl)cs1. The van der Waals surface area contributed by atoms with Crippen LogP contribution in [0.3, 0.4) is 0 Å². The molecule has 0 aliphatic rings. The van der Waals surface area contributed by atoms with E-state index in [1.54, 1.807) is 5.38 Å². The summed E-state index contributed by atoms with van der Waals surface area (Å²) in [6.45, 7) is 1.85. The highest BCUT2D eigenvalue weighted by atomic mass is 35.5. The first-order valence-electron chi connectivity index (χ1n) is 6.56. The molecule has 0 saturated heterocycles. The summed E-state index contributed by atoms with van der Waals surface area (Å²) in [5.41, 5.74) is 5.70. The molecule has 0 saturated carbocycles. The van der Waals surface area contributed by atoms with Crippen molar-refractivity contribution in [1.29, 1.82) is 0 Å². The lowest BCUT2D eigenvalue weighted by atomic mass is 10.3. The largest absolute Gasteiger partial charge is 0.330 e. The standard InChI is InChI=1S/C13H12ClN5O3S2/c1-7-15-8(6-24-7)4-12(20)17-18-13(23)16-11-5-9(19(21)22)2-3-10(11)14/h2-3,5-6H,4H2,1H3,(H,17,20)(H2,16,18,23). The number of amides is 1. The number of nitrogens with zero attached hydrogens (tertiary/aromatic N) is 2. The Hall–Kier alpha value is -2.30. The molecule has 0 spiro atoms. The Kier molecular flexibility index (Phi) is 6.01. The summed E-state index contributed by atoms with van der Waals surface area (Å²) < 4.78 is 0. The molecular weight excluding hydrogens is 374 g/mol. The van der Waals surface area contributed by atoms with Gasteiger partial charge in [0.1, 0.15) is 0 Å². The van der Waals surface area contributed by atoms with Crippen molar-refractivity contribution in [2.24, 2.45) is 0 Å². The molecule has 1 aromatic carbocycles. The maximum Gasteiger partial charge on any atom is 0.271 e. The van der Waals surface area contributed by atoms with E-state index in [1.807, 2.05) is 6.92 Å². The second-order valence-corrected chi connectivity index (χ2v) is 6.46. The quantitative estimate of drug-likeness (QED) is 0.421. The van der Waals surface area contributed by atoms with Gasteiger partial charge in [-0.1, -0.05) is 11.6 Å². The first kappa shape index (κ1) is 18.0. The summed E-state index contributed by atoms with van der Waals surface area (Å²) in [4.78, 5) is 26.2. The van der Waals surface area contributed by atoms with Gasteiger partial charge in [-0.05, 0) is 25.2 Å². The van der Waals surface area contributed by atoms with Crippen LogP contribution in [0.25, 0.3) is 0 Å². The number of nitrogens with one attached hydrogen (secondary N) is 3. The average Bonchev–Trinajstić information content (AvgIpc) is 2.92. The predicted molar refractivity (Wildman–Crippen MR) is 96.2 cm³/mol. The smallest absolute Gasteiger partial charge is 0.271 e. The predicted octanol–water partition coefficient (Wildman–Crippen LogP) is 2.57. The third-order valence-electron chi connectivity index (χ3n) is 2.73. The highest BCUT2D eigenvalue weighted by molar-refractivity contribution is 7.80. The lowest BCUT2D eigenvalue weighted by Crippen LogP contribution is -2.44. The van der Waals surface area contributed by atoms with E-state index in [0.717, 1.165) is 5.01 Å². The number of anilines is 1. The molecule has 3 N–H and O–H groups in total. The minimum atomic E-state index is -0.546. The van der Waals surface area contributed by atoms with Crippen LogP contribution in [-0.4, -0.2) is 20.9 Å². The number of nitro benzene ring substituents is 1. The van der Waals surface area contributed by atoms with E-state index < -0.39 is 4.92 Å². The number of aromatic nitrogens is 1. The zero-order chi connectivity index (χ0) is 17.7. The summed E-state index contributed by atoms with van der Waals surface area (Å²) in [6, 6.07) is 3.91. The van der Waals surface area contributed by atoms with Crippen molar-refractivity contribution in [3.8, 4) is 0 Å². The highest BCUT2D eigenvalue weighted by Gasteiger charge is 2.11. The van der Waals surface area contributed by atoms with Crippen LogP contribution in [0.1, 0.15) is 10.7 Å². The number of benzene rings is 1. The van der Waals surface area contributed by atoms with Crippen molar-refractivity contribution < 1.29 is 9.72 Å². The normalized spacial score (nSPS) is 10.1. The van der Waals surface area contributed by atoms with Gasteiger partial charge in [-0.3, -0.25) is 25.8 Å². The Morgan fingerprint density at radius 2 is 2.21 bits per heavy atom. The van der Waals surface area contributed by atoms with Crippen molar-refractivity contribution in [3.05, 3.63) is 49.4 Å². The lowest BCUT2D eigenvalue weighted by Gasteiger charge is -2.12. The van der Waals surface area contributed by atoms with E-state index in [1.165, 1.54) is 29.5 Å². The minimum absolute atomic E-state index is 0.0419. The van der Waals surface area contributed by atoms with Gasteiger partial charge in [-0.15, -0.1) is 11.3 Å². The number of carbonyl (C=O) groups excluding carboxylic acids is 1. The maximum absolute atomic E-state index is 11.8. The van der Waals surface area contributed by atoms with E-state index in [0.29, 0.717) is 5.69 Å². The first-order chi connectivity index (χ1) is 11.3. The Balaban J connectivity index is 1.88. The van der Waals surface area contributed by atoms with Gasteiger partial charge in [0.15, 0.2) is 5.11 Å². The van der Waals surface area contributed by atoms with Gasteiger partial charge < -0.3 is 5.32 Å². The molecule has 8 nitrogen and oxygen atoms in total. The van der Waals surface area contributed by atoms with Crippen molar-refractivity contribution in [2.75, 3.05) is 5.32 Å². The van der Waals surface area contributed by atoms with E-state index in [9.17, 15) is 14.9 Å². The van der Waals surface area contributed by atoms with E-state index in [4.69, 9.17) is 23.8 Å². The molecule has 0 atom stereocenters. The molecule has 126 valence electrons. The van der Waals surface area contributed by atoms with Gasteiger partial charge in [0.05, 0.1) is 32.8 Å². The summed E-state index contributed by atoms with van der Waals surface area (Å²) in [7, 11) is 0. The number of carbonyl (C=O) groups is 1. The van der Waals surface area contributed by atoms with E-state index in [-0.39, 0.29) is 33.8 Å². The molecule has 0 radical (unpaired) electrons. The molecule has 0 unspecified atom stereocenters. The molecule has 1 heterocycles. The second kappa shape index (κ2) is 7.99. The molecule has 0 fully saturated rings. The number of thiocarbonyl (C=S) groups is 1. The fourth-order valence-electron chi connectivity index (χ4n) is 1.70. The van der Waals surface area contributed by atoms with Crippen molar-refractivity contribution in [3.63, 3.8) is 0 Å². The van der Waals surface area contributed by atoms with Gasteiger partial charge in [-0.25, -0.2) is 4.98 Å². The molecular formula is C13H12ClN5O3S2. The summed E-state index contributed by atoms with van der Waals surface area (Å²) in [6.07, 6.45) is 0.109. The molecule has 1 amide bonds. The number of hydrazine groups is 1. The van der Waals surface area contributed by atoms with Crippen molar-refractivity contribution in [2.45, 2.75) is 13.3 Å². The van der Waals surface area contributed by atoms with Crippen LogP contribution in [0.15, 0.2) is 23.6 Å². The fraction of sp³-hybridized carbons (Fsp3) is 0.154. The van der Waals surface area contributed by atoms with Crippen molar-refractivity contribution >= 4 is 57.5 Å². The molecule has 11 heteroatoms. The van der Waals surface area contributed by atoms with E-state index >= 15 is 0 Å². The van der Waals surface area contributed by atoms with Gasteiger partial charge in [-0.2, -0.15) is 0 Å². The maximum atomic E-state index is 11.8. The number of nitro groups is 1. The Morgan fingerprint density at radius 1 is 1.46 bits per heavy atom. The molecule has 2 rings (SSSR count). The first-order valence-corrected chi connectivity index (χ1v) is 8.22. The van der Waals surface area contributed by atoms with E-state index in [2.05, 4.69) is 21.2 Å². The van der Waals surface area contributed by atoms with Crippen LogP contribution >= 0.6 is 35.2 Å². The van der Waals surface area contributed by atoms with Crippen LogP contribution in [0, 0.1) is 17.0 Å². The van der Waals surface area contributed by atoms with Crippen LogP contribution in [0.4, 0.5) is 11.4 Å². The van der Waals surface area contributed by atoms with Crippen LogP contribution < -0.4 is 16.2 Å². The number of thiazole rings is 1. The Labute approximate surface area is 151 Å². The van der Waals surface area contributed by atoms with Crippen molar-refractivity contribution in [1.82, 2.24) is 15.8 Å². The number of rotatable bonds is 4.